The molecule has 0 aliphatic heterocycles. The molecule has 0 aliphatic rings. The summed E-state index contributed by atoms with van der Waals surface area (Å²) in [6.45, 7) is 3.61. The summed E-state index contributed by atoms with van der Waals surface area (Å²) in [6, 6.07) is 8.83. The number of nitrogens with zero attached hydrogens (tertiary/aromatic N) is 3. The van der Waals surface area contributed by atoms with Gasteiger partial charge in [0.1, 0.15) is 16.4 Å². The molecule has 3 heterocycles. The molecule has 0 fully saturated rings. The zero-order valence-corrected chi connectivity index (χ0v) is 19.3. The number of benzene rings is 1. The highest BCUT2D eigenvalue weighted by atomic mass is 32.1. The molecule has 32 heavy (non-hydrogen) atoms. The van der Waals surface area contributed by atoms with Crippen molar-refractivity contribution in [2.24, 2.45) is 0 Å². The molecule has 1 aromatic carbocycles. The van der Waals surface area contributed by atoms with Crippen LogP contribution in [0.25, 0.3) is 32.7 Å². The standard InChI is InChI=1S/C18H18N4O7P2S/c1-9-14(10(2)29-22-9)11-4-3-5-12(8-11)15-19-16(13-6-7-32-17(13)20-15)21-18(30(23,24)25)31(26,27)28/h3-8,18H,1-2H3,(H,19,20,21)(H2,23,24,25)(H2,26,27,28). The lowest BCUT2D eigenvalue weighted by molar-refractivity contribution is 0.343. The van der Waals surface area contributed by atoms with Crippen molar-refractivity contribution in [3.8, 4) is 22.5 Å². The summed E-state index contributed by atoms with van der Waals surface area (Å²) in [7, 11) is -10.4. The Bertz CT molecular complexity index is 1370. The Labute approximate surface area is 185 Å². The van der Waals surface area contributed by atoms with Crippen LogP contribution in [-0.2, 0) is 9.13 Å². The van der Waals surface area contributed by atoms with Gasteiger partial charge < -0.3 is 29.4 Å². The van der Waals surface area contributed by atoms with E-state index in [1.807, 2.05) is 19.1 Å². The lowest BCUT2D eigenvalue weighted by atomic mass is 10.0. The molecule has 168 valence electrons. The van der Waals surface area contributed by atoms with E-state index in [1.54, 1.807) is 30.5 Å². The summed E-state index contributed by atoms with van der Waals surface area (Å²) in [6.07, 6.45) is 0. The average Bonchev–Trinajstić information content (AvgIpc) is 3.30. The molecule has 14 heteroatoms. The second kappa shape index (κ2) is 8.17. The second-order valence-electron chi connectivity index (χ2n) is 7.01. The van der Waals surface area contributed by atoms with Crippen molar-refractivity contribution in [1.82, 2.24) is 15.1 Å². The van der Waals surface area contributed by atoms with Crippen molar-refractivity contribution in [3.05, 3.63) is 47.2 Å². The largest absolute Gasteiger partial charge is 0.361 e. The number of aryl methyl sites for hydroxylation is 2. The average molecular weight is 496 g/mol. The smallest absolute Gasteiger partial charge is 0.360 e. The van der Waals surface area contributed by atoms with Crippen molar-refractivity contribution in [2.45, 2.75) is 19.4 Å². The Hall–Kier alpha value is -2.43. The van der Waals surface area contributed by atoms with Crippen molar-refractivity contribution in [3.63, 3.8) is 0 Å². The molecular formula is C18H18N4O7P2S. The molecule has 11 nitrogen and oxygen atoms in total. The fourth-order valence-corrected chi connectivity index (χ4v) is 6.20. The van der Waals surface area contributed by atoms with Crippen LogP contribution < -0.4 is 5.32 Å². The lowest BCUT2D eigenvalue weighted by Gasteiger charge is -2.21. The molecule has 0 atom stereocenters. The van der Waals surface area contributed by atoms with E-state index >= 15 is 0 Å². The first kappa shape index (κ1) is 22.8. The topological polar surface area (TPSA) is 179 Å². The van der Waals surface area contributed by atoms with Crippen LogP contribution in [0.3, 0.4) is 0 Å². The number of rotatable bonds is 6. The maximum atomic E-state index is 11.7. The predicted molar refractivity (Wildman–Crippen MR) is 119 cm³/mol. The Morgan fingerprint density at radius 2 is 1.72 bits per heavy atom. The minimum absolute atomic E-state index is 0.0920. The number of anilines is 1. The van der Waals surface area contributed by atoms with E-state index in [9.17, 15) is 28.7 Å². The number of hydrogen-bond donors (Lipinski definition) is 5. The monoisotopic (exact) mass is 496 g/mol. The van der Waals surface area contributed by atoms with Gasteiger partial charge in [0.2, 0.25) is 5.52 Å². The van der Waals surface area contributed by atoms with E-state index in [4.69, 9.17) is 4.52 Å². The highest BCUT2D eigenvalue weighted by molar-refractivity contribution is 7.71. The molecule has 0 spiro atoms. The molecule has 5 N–H and O–H groups in total. The van der Waals surface area contributed by atoms with Crippen LogP contribution in [0.15, 0.2) is 40.2 Å². The molecule has 0 unspecified atom stereocenters. The van der Waals surface area contributed by atoms with Crippen molar-refractivity contribution in [1.29, 1.82) is 0 Å². The SMILES string of the molecule is Cc1noc(C)c1-c1cccc(-c2nc(NC(P(=O)(O)O)P(=O)(O)O)c3ccsc3n2)c1. The first-order valence-corrected chi connectivity index (χ1v) is 13.4. The van der Waals surface area contributed by atoms with Crippen LogP contribution in [0.5, 0.6) is 0 Å². The van der Waals surface area contributed by atoms with E-state index in [-0.39, 0.29) is 11.6 Å². The molecule has 3 aromatic heterocycles. The third kappa shape index (κ3) is 4.39. The zero-order chi connectivity index (χ0) is 23.3. The Kier molecular flexibility index (Phi) is 5.81. The predicted octanol–water partition coefficient (Wildman–Crippen LogP) is 3.68. The van der Waals surface area contributed by atoms with Gasteiger partial charge >= 0.3 is 15.2 Å². The first-order chi connectivity index (χ1) is 14.9. The quantitative estimate of drug-likeness (QED) is 0.246. The molecule has 0 saturated heterocycles. The van der Waals surface area contributed by atoms with Gasteiger partial charge in [-0.15, -0.1) is 11.3 Å². The summed E-state index contributed by atoms with van der Waals surface area (Å²) < 4.78 is 28.7. The third-order valence-corrected chi connectivity index (χ3v) is 8.82. The number of hydrogen-bond acceptors (Lipinski definition) is 8. The number of fused-ring (bicyclic) bond motifs is 1. The van der Waals surface area contributed by atoms with Gasteiger partial charge in [-0.25, -0.2) is 9.97 Å². The van der Waals surface area contributed by atoms with E-state index in [1.165, 1.54) is 11.3 Å². The van der Waals surface area contributed by atoms with E-state index in [0.29, 0.717) is 27.2 Å². The summed E-state index contributed by atoms with van der Waals surface area (Å²) >= 11 is 1.26. The number of aromatic nitrogens is 3. The number of thiophene rings is 1. The summed E-state index contributed by atoms with van der Waals surface area (Å²) in [4.78, 5) is 47.2. The first-order valence-electron chi connectivity index (χ1n) is 9.11. The molecule has 0 saturated carbocycles. The Morgan fingerprint density at radius 3 is 2.34 bits per heavy atom. The third-order valence-electron chi connectivity index (χ3n) is 4.67. The van der Waals surface area contributed by atoms with Gasteiger partial charge in [-0.2, -0.15) is 0 Å². The van der Waals surface area contributed by atoms with Crippen molar-refractivity contribution < 1.29 is 33.2 Å². The normalized spacial score (nSPS) is 12.6. The van der Waals surface area contributed by atoms with Gasteiger partial charge in [-0.3, -0.25) is 9.13 Å². The fraction of sp³-hybridized carbons (Fsp3) is 0.167. The van der Waals surface area contributed by atoms with E-state index in [2.05, 4.69) is 20.4 Å². The van der Waals surface area contributed by atoms with Gasteiger partial charge in [0.15, 0.2) is 5.82 Å². The molecule has 0 bridgehead atoms. The Morgan fingerprint density at radius 1 is 1.03 bits per heavy atom. The lowest BCUT2D eigenvalue weighted by Crippen LogP contribution is -2.21. The minimum Gasteiger partial charge on any atom is -0.361 e. The molecule has 4 rings (SSSR count). The van der Waals surface area contributed by atoms with Crippen LogP contribution in [0, 0.1) is 13.8 Å². The summed E-state index contributed by atoms with van der Waals surface area (Å²) in [5.41, 5.74) is 0.499. The van der Waals surface area contributed by atoms with Gasteiger partial charge in [0.05, 0.1) is 11.1 Å². The number of nitrogens with one attached hydrogen (secondary N) is 1. The van der Waals surface area contributed by atoms with Crippen LogP contribution in [0.1, 0.15) is 11.5 Å². The van der Waals surface area contributed by atoms with E-state index < -0.39 is 20.7 Å². The van der Waals surface area contributed by atoms with Crippen molar-refractivity contribution in [2.75, 3.05) is 5.32 Å². The van der Waals surface area contributed by atoms with Gasteiger partial charge in [0.25, 0.3) is 0 Å². The fourth-order valence-electron chi connectivity index (χ4n) is 3.29. The maximum Gasteiger partial charge on any atom is 0.360 e. The van der Waals surface area contributed by atoms with Gasteiger partial charge in [-0.05, 0) is 36.9 Å². The highest BCUT2D eigenvalue weighted by Crippen LogP contribution is 2.59. The molecule has 0 amide bonds. The van der Waals surface area contributed by atoms with Crippen molar-refractivity contribution >= 4 is 42.6 Å². The van der Waals surface area contributed by atoms with Crippen LogP contribution in [-0.4, -0.2) is 40.2 Å². The van der Waals surface area contributed by atoms with E-state index in [0.717, 1.165) is 11.1 Å². The molecule has 0 radical (unpaired) electrons. The highest BCUT2D eigenvalue weighted by Gasteiger charge is 2.44. The Balaban J connectivity index is 1.84. The summed E-state index contributed by atoms with van der Waals surface area (Å²) in [5.74, 6) is 0.764. The minimum atomic E-state index is -5.21. The van der Waals surface area contributed by atoms with Crippen LogP contribution >= 0.6 is 26.5 Å². The zero-order valence-electron chi connectivity index (χ0n) is 16.7. The van der Waals surface area contributed by atoms with Crippen LogP contribution in [0.2, 0.25) is 0 Å². The van der Waals surface area contributed by atoms with Gasteiger partial charge in [-0.1, -0.05) is 23.4 Å². The molecule has 0 aliphatic carbocycles. The summed E-state index contributed by atoms with van der Waals surface area (Å²) in [5, 5.41) is 8.30. The maximum absolute atomic E-state index is 11.7. The molecule has 4 aromatic rings. The van der Waals surface area contributed by atoms with Gasteiger partial charge in [0, 0.05) is 11.1 Å². The van der Waals surface area contributed by atoms with Crippen LogP contribution in [0.4, 0.5) is 5.82 Å². The second-order valence-corrected chi connectivity index (χ2v) is 11.7. The molecular weight excluding hydrogens is 478 g/mol.